The summed E-state index contributed by atoms with van der Waals surface area (Å²) in [6, 6.07) is 0.388. The van der Waals surface area contributed by atoms with Crippen molar-refractivity contribution >= 4 is 5.91 Å². The Kier molecular flexibility index (Phi) is 3.47. The van der Waals surface area contributed by atoms with Crippen LogP contribution in [0.3, 0.4) is 0 Å². The fraction of sp³-hybridized carbons (Fsp3) is 0.789. The summed E-state index contributed by atoms with van der Waals surface area (Å²) in [6.45, 7) is 0.740. The molecule has 0 radical (unpaired) electrons. The Labute approximate surface area is 142 Å². The summed E-state index contributed by atoms with van der Waals surface area (Å²) in [6.07, 6.45) is 9.91. The smallest absolute Gasteiger partial charge is 0.276 e. The number of aromatic nitrogens is 1. The van der Waals surface area contributed by atoms with Crippen LogP contribution in [0.2, 0.25) is 0 Å². The molecule has 0 N–H and O–H groups in total. The van der Waals surface area contributed by atoms with Crippen molar-refractivity contribution in [2.45, 2.75) is 57.1 Å². The zero-order valence-corrected chi connectivity index (χ0v) is 14.3. The van der Waals surface area contributed by atoms with E-state index < -0.39 is 0 Å². The second kappa shape index (κ2) is 5.58. The van der Waals surface area contributed by atoms with Gasteiger partial charge in [-0.25, -0.2) is 4.98 Å². The van der Waals surface area contributed by atoms with Crippen molar-refractivity contribution in [3.8, 4) is 0 Å². The van der Waals surface area contributed by atoms with Crippen molar-refractivity contribution in [2.24, 2.45) is 23.7 Å². The first-order valence-electron chi connectivity index (χ1n) is 9.53. The molecule has 24 heavy (non-hydrogen) atoms. The van der Waals surface area contributed by atoms with Crippen molar-refractivity contribution < 1.29 is 13.9 Å². The summed E-state index contributed by atoms with van der Waals surface area (Å²) in [7, 11) is 1.98. The molecule has 4 bridgehead atoms. The highest BCUT2D eigenvalue weighted by Gasteiger charge is 2.50. The first-order chi connectivity index (χ1) is 11.7. The molecule has 1 saturated heterocycles. The Morgan fingerprint density at radius 2 is 1.88 bits per heavy atom. The van der Waals surface area contributed by atoms with E-state index in [9.17, 15) is 4.79 Å². The lowest BCUT2D eigenvalue weighted by atomic mass is 9.54. The molecule has 5 heteroatoms. The van der Waals surface area contributed by atoms with Crippen molar-refractivity contribution in [1.82, 2.24) is 9.88 Å². The molecule has 2 heterocycles. The minimum Gasteiger partial charge on any atom is -0.445 e. The third-order valence-corrected chi connectivity index (χ3v) is 6.96. The van der Waals surface area contributed by atoms with Gasteiger partial charge < -0.3 is 14.1 Å². The molecule has 5 nitrogen and oxygen atoms in total. The zero-order chi connectivity index (χ0) is 16.3. The molecule has 0 aromatic carbocycles. The van der Waals surface area contributed by atoms with Gasteiger partial charge in [-0.05, 0) is 68.6 Å². The van der Waals surface area contributed by atoms with E-state index in [1.165, 1.54) is 38.5 Å². The maximum Gasteiger partial charge on any atom is 0.276 e. The van der Waals surface area contributed by atoms with Crippen LogP contribution in [0.25, 0.3) is 0 Å². The van der Waals surface area contributed by atoms with E-state index in [0.29, 0.717) is 29.3 Å². The number of hydrogen-bond donors (Lipinski definition) is 0. The number of ether oxygens (including phenoxy) is 1. The third kappa shape index (κ3) is 2.24. The molecule has 130 valence electrons. The first kappa shape index (κ1) is 14.9. The van der Waals surface area contributed by atoms with Crippen LogP contribution in [0, 0.1) is 23.7 Å². The monoisotopic (exact) mass is 330 g/mol. The lowest BCUT2D eigenvalue weighted by molar-refractivity contribution is -0.0493. The third-order valence-electron chi connectivity index (χ3n) is 6.96. The molecule has 1 atom stereocenters. The lowest BCUT2D eigenvalue weighted by Gasteiger charge is -2.56. The van der Waals surface area contributed by atoms with Gasteiger partial charge in [-0.2, -0.15) is 0 Å². The summed E-state index contributed by atoms with van der Waals surface area (Å²) >= 11 is 0. The maximum absolute atomic E-state index is 13.2. The average Bonchev–Trinajstić information content (AvgIpc) is 3.24. The molecule has 4 aliphatic carbocycles. The van der Waals surface area contributed by atoms with Crippen LogP contribution in [-0.2, 0) is 4.74 Å². The molecule has 0 unspecified atom stereocenters. The number of carbonyl (C=O) groups is 1. The van der Waals surface area contributed by atoms with E-state index >= 15 is 0 Å². The Balaban J connectivity index is 1.38. The fourth-order valence-corrected chi connectivity index (χ4v) is 6.26. The molecule has 1 aliphatic heterocycles. The normalized spacial score (nSPS) is 40.2. The number of oxazole rings is 1. The Morgan fingerprint density at radius 1 is 1.17 bits per heavy atom. The topological polar surface area (TPSA) is 55.6 Å². The van der Waals surface area contributed by atoms with E-state index in [2.05, 4.69) is 4.98 Å². The summed E-state index contributed by atoms with van der Waals surface area (Å²) in [5.41, 5.74) is 0.471. The number of hydrogen-bond acceptors (Lipinski definition) is 4. The standard InChI is InChI=1S/C19H26N2O3/c1-21(17-13-6-11-5-12(8-13)9-14(17)7-11)19(22)16-18(24-10-20-16)15-3-2-4-23-15/h10-15,17H,2-9H2,1H3/t11?,12?,13?,14?,15-,17?/m1/s1. The molecule has 4 saturated carbocycles. The zero-order valence-electron chi connectivity index (χ0n) is 14.3. The van der Waals surface area contributed by atoms with Gasteiger partial charge in [-0.15, -0.1) is 0 Å². The quantitative estimate of drug-likeness (QED) is 0.852. The summed E-state index contributed by atoms with van der Waals surface area (Å²) in [4.78, 5) is 19.4. The second-order valence-corrected chi connectivity index (χ2v) is 8.40. The second-order valence-electron chi connectivity index (χ2n) is 8.40. The summed E-state index contributed by atoms with van der Waals surface area (Å²) < 4.78 is 11.2. The van der Waals surface area contributed by atoms with E-state index in [4.69, 9.17) is 9.15 Å². The van der Waals surface area contributed by atoms with Gasteiger partial charge in [0.2, 0.25) is 0 Å². The van der Waals surface area contributed by atoms with Crippen LogP contribution in [0.4, 0.5) is 0 Å². The van der Waals surface area contributed by atoms with Gasteiger partial charge in [0, 0.05) is 19.7 Å². The summed E-state index contributed by atoms with van der Waals surface area (Å²) in [5, 5.41) is 0. The van der Waals surface area contributed by atoms with Gasteiger partial charge in [-0.1, -0.05) is 0 Å². The molecule has 1 amide bonds. The average molecular weight is 330 g/mol. The van der Waals surface area contributed by atoms with Crippen molar-refractivity contribution in [3.05, 3.63) is 17.8 Å². The Bertz CT molecular complexity index is 606. The molecule has 0 spiro atoms. The number of carbonyl (C=O) groups excluding carboxylic acids is 1. The van der Waals surface area contributed by atoms with Gasteiger partial charge in [0.25, 0.3) is 5.91 Å². The molecule has 5 aliphatic rings. The molecular weight excluding hydrogens is 304 g/mol. The number of amides is 1. The van der Waals surface area contributed by atoms with E-state index in [1.807, 2.05) is 11.9 Å². The van der Waals surface area contributed by atoms with Crippen LogP contribution in [0.1, 0.15) is 67.3 Å². The predicted octanol–water partition coefficient (Wildman–Crippen LogP) is 3.42. The molecule has 6 rings (SSSR count). The largest absolute Gasteiger partial charge is 0.445 e. The fourth-order valence-electron chi connectivity index (χ4n) is 6.26. The van der Waals surface area contributed by atoms with Crippen molar-refractivity contribution in [2.75, 3.05) is 13.7 Å². The minimum atomic E-state index is -0.0988. The highest BCUT2D eigenvalue weighted by molar-refractivity contribution is 5.93. The summed E-state index contributed by atoms with van der Waals surface area (Å²) in [5.74, 6) is 3.87. The highest BCUT2D eigenvalue weighted by Crippen LogP contribution is 2.55. The van der Waals surface area contributed by atoms with E-state index in [0.717, 1.165) is 31.3 Å². The van der Waals surface area contributed by atoms with Gasteiger partial charge in [0.05, 0.1) is 0 Å². The van der Waals surface area contributed by atoms with Crippen LogP contribution >= 0.6 is 0 Å². The molecule has 1 aromatic rings. The van der Waals surface area contributed by atoms with E-state index in [-0.39, 0.29) is 12.0 Å². The molecule has 5 fully saturated rings. The van der Waals surface area contributed by atoms with Crippen molar-refractivity contribution in [3.63, 3.8) is 0 Å². The first-order valence-corrected chi connectivity index (χ1v) is 9.53. The van der Waals surface area contributed by atoms with Gasteiger partial charge in [-0.3, -0.25) is 4.79 Å². The Morgan fingerprint density at radius 3 is 2.50 bits per heavy atom. The SMILES string of the molecule is CN(C(=O)c1ncoc1[C@H]1CCCO1)C1C2CC3CC(C2)CC1C3. The van der Waals surface area contributed by atoms with Gasteiger partial charge >= 0.3 is 0 Å². The number of rotatable bonds is 3. The van der Waals surface area contributed by atoms with Crippen LogP contribution in [0.15, 0.2) is 10.8 Å². The van der Waals surface area contributed by atoms with Gasteiger partial charge in [0.15, 0.2) is 17.8 Å². The molecular formula is C19H26N2O3. The Hall–Kier alpha value is -1.36. The maximum atomic E-state index is 13.2. The number of nitrogens with zero attached hydrogens (tertiary/aromatic N) is 2. The minimum absolute atomic E-state index is 0.0201. The van der Waals surface area contributed by atoms with Crippen molar-refractivity contribution in [1.29, 1.82) is 0 Å². The van der Waals surface area contributed by atoms with Gasteiger partial charge in [0.1, 0.15) is 6.10 Å². The predicted molar refractivity (Wildman–Crippen MR) is 87.4 cm³/mol. The van der Waals surface area contributed by atoms with Crippen LogP contribution < -0.4 is 0 Å². The van der Waals surface area contributed by atoms with E-state index in [1.54, 1.807) is 0 Å². The highest BCUT2D eigenvalue weighted by atomic mass is 16.5. The lowest BCUT2D eigenvalue weighted by Crippen LogP contribution is -2.56. The van der Waals surface area contributed by atoms with Crippen LogP contribution in [0.5, 0.6) is 0 Å². The molecule has 1 aromatic heterocycles. The van der Waals surface area contributed by atoms with Crippen LogP contribution in [-0.4, -0.2) is 35.5 Å².